The van der Waals surface area contributed by atoms with Gasteiger partial charge in [0.1, 0.15) is 11.5 Å². The van der Waals surface area contributed by atoms with Crippen LogP contribution in [0.5, 0.6) is 0 Å². The summed E-state index contributed by atoms with van der Waals surface area (Å²) >= 11 is 1.52. The highest BCUT2D eigenvalue weighted by Crippen LogP contribution is 2.43. The molecule has 0 unspecified atom stereocenters. The Morgan fingerprint density at radius 1 is 1.30 bits per heavy atom. The molecule has 1 saturated carbocycles. The van der Waals surface area contributed by atoms with Crippen molar-refractivity contribution in [3.05, 3.63) is 28.0 Å². The highest BCUT2D eigenvalue weighted by Gasteiger charge is 2.39. The van der Waals surface area contributed by atoms with E-state index in [1.54, 1.807) is 14.1 Å². The first kappa shape index (κ1) is 19.2. The predicted octanol–water partition coefficient (Wildman–Crippen LogP) is 2.11. The molecule has 2 aromatic rings. The zero-order valence-corrected chi connectivity index (χ0v) is 17.8. The van der Waals surface area contributed by atoms with Gasteiger partial charge in [-0.1, -0.05) is 0 Å². The molecule has 30 heavy (non-hydrogen) atoms. The molecule has 2 aromatic heterocycles. The van der Waals surface area contributed by atoms with Crippen LogP contribution in [0.4, 0.5) is 21.2 Å². The van der Waals surface area contributed by atoms with Gasteiger partial charge in [0.2, 0.25) is 11.9 Å². The van der Waals surface area contributed by atoms with E-state index in [9.17, 15) is 14.0 Å². The van der Waals surface area contributed by atoms with Crippen molar-refractivity contribution in [2.24, 2.45) is 5.92 Å². The Bertz CT molecular complexity index is 1040. The number of nitrogens with one attached hydrogen (secondary N) is 1. The number of nitrogens with zero attached hydrogens (tertiary/aromatic N) is 5. The quantitative estimate of drug-likeness (QED) is 0.800. The molecule has 158 valence electrons. The first-order valence-corrected chi connectivity index (χ1v) is 10.9. The molecule has 0 spiro atoms. The van der Waals surface area contributed by atoms with E-state index in [0.29, 0.717) is 43.5 Å². The second kappa shape index (κ2) is 7.19. The van der Waals surface area contributed by atoms with Gasteiger partial charge in [0.15, 0.2) is 11.6 Å². The molecule has 10 heteroatoms. The fourth-order valence-corrected chi connectivity index (χ4v) is 5.44. The summed E-state index contributed by atoms with van der Waals surface area (Å²) in [5.74, 6) is 0.536. The lowest BCUT2D eigenvalue weighted by molar-refractivity contribution is -0.119. The summed E-state index contributed by atoms with van der Waals surface area (Å²) in [7, 11) is 3.31. The molecule has 0 saturated heterocycles. The number of hydrogen-bond donors (Lipinski definition) is 1. The average Bonchev–Trinajstić information content (AvgIpc) is 3.50. The van der Waals surface area contributed by atoms with E-state index < -0.39 is 5.82 Å². The normalized spacial score (nSPS) is 19.0. The molecule has 8 nitrogen and oxygen atoms in total. The average molecular weight is 431 g/mol. The number of hydrogen-bond acceptors (Lipinski definition) is 7. The van der Waals surface area contributed by atoms with Gasteiger partial charge in [0, 0.05) is 32.1 Å². The predicted molar refractivity (Wildman–Crippen MR) is 113 cm³/mol. The standard InChI is InChI=1S/C20H23FN6O2S/c1-22-17-13(21)7-23-20(24-17)26-6-5-12-14(9-26)30-19-16(12)18(29)25(2)10-15(28)27(19)8-11-3-4-11/h7,11H,3-6,8-10H2,1-2H3,(H,22,23,24). The van der Waals surface area contributed by atoms with E-state index in [1.165, 1.54) is 22.4 Å². The van der Waals surface area contributed by atoms with Crippen molar-refractivity contribution >= 4 is 39.9 Å². The van der Waals surface area contributed by atoms with E-state index in [4.69, 9.17) is 0 Å². The molecule has 5 rings (SSSR count). The zero-order valence-electron chi connectivity index (χ0n) is 16.9. The first-order chi connectivity index (χ1) is 14.5. The molecule has 2 aliphatic heterocycles. The fourth-order valence-electron chi connectivity index (χ4n) is 4.06. The maximum atomic E-state index is 13.8. The minimum atomic E-state index is -0.496. The van der Waals surface area contributed by atoms with Crippen LogP contribution in [0.3, 0.4) is 0 Å². The zero-order chi connectivity index (χ0) is 21.0. The molecular formula is C20H23FN6O2S. The Kier molecular flexibility index (Phi) is 4.61. The highest BCUT2D eigenvalue weighted by molar-refractivity contribution is 7.17. The van der Waals surface area contributed by atoms with Crippen LogP contribution in [-0.4, -0.2) is 60.4 Å². The van der Waals surface area contributed by atoms with Crippen LogP contribution >= 0.6 is 11.3 Å². The Labute approximate surface area is 177 Å². The first-order valence-electron chi connectivity index (χ1n) is 10.1. The number of anilines is 3. The van der Waals surface area contributed by atoms with Crippen LogP contribution in [-0.2, 0) is 17.8 Å². The number of rotatable bonds is 4. The van der Waals surface area contributed by atoms with Crippen molar-refractivity contribution < 1.29 is 14.0 Å². The number of halogens is 1. The summed E-state index contributed by atoms with van der Waals surface area (Å²) in [5.41, 5.74) is 1.70. The van der Waals surface area contributed by atoms with Crippen molar-refractivity contribution in [1.29, 1.82) is 0 Å². The van der Waals surface area contributed by atoms with Crippen molar-refractivity contribution in [1.82, 2.24) is 14.9 Å². The lowest BCUT2D eigenvalue weighted by Crippen LogP contribution is -2.38. The summed E-state index contributed by atoms with van der Waals surface area (Å²) in [6.45, 7) is 1.95. The highest BCUT2D eigenvalue weighted by atomic mass is 32.1. The monoisotopic (exact) mass is 430 g/mol. The van der Waals surface area contributed by atoms with Crippen LogP contribution in [0.25, 0.3) is 0 Å². The molecule has 0 aromatic carbocycles. The molecule has 1 fully saturated rings. The number of aromatic nitrogens is 2. The third kappa shape index (κ3) is 3.19. The number of likely N-dealkylation sites (N-methyl/N-ethyl adjacent to an activating group) is 1. The molecule has 0 radical (unpaired) electrons. The van der Waals surface area contributed by atoms with E-state index in [0.717, 1.165) is 28.3 Å². The summed E-state index contributed by atoms with van der Waals surface area (Å²) in [4.78, 5) is 40.8. The van der Waals surface area contributed by atoms with Gasteiger partial charge in [0.05, 0.1) is 18.3 Å². The summed E-state index contributed by atoms with van der Waals surface area (Å²) < 4.78 is 13.8. The van der Waals surface area contributed by atoms with Gasteiger partial charge in [0.25, 0.3) is 5.91 Å². The SMILES string of the molecule is CNc1nc(N2CCc3c(sc4c3C(=O)N(C)CC(=O)N4CC3CC3)C2)ncc1F. The maximum Gasteiger partial charge on any atom is 0.257 e. The van der Waals surface area contributed by atoms with E-state index in [2.05, 4.69) is 15.3 Å². The summed E-state index contributed by atoms with van der Waals surface area (Å²) in [5, 5.41) is 3.52. The van der Waals surface area contributed by atoms with Crippen LogP contribution in [0, 0.1) is 11.7 Å². The maximum absolute atomic E-state index is 13.8. The van der Waals surface area contributed by atoms with Gasteiger partial charge in [-0.15, -0.1) is 11.3 Å². The van der Waals surface area contributed by atoms with Crippen LogP contribution < -0.4 is 15.1 Å². The molecular weight excluding hydrogens is 407 g/mol. The fraction of sp³-hybridized carbons (Fsp3) is 0.500. The minimum absolute atomic E-state index is 0.0208. The number of carbonyl (C=O) groups is 2. The lowest BCUT2D eigenvalue weighted by Gasteiger charge is -2.27. The number of thiophene rings is 1. The van der Waals surface area contributed by atoms with Gasteiger partial charge < -0.3 is 20.0 Å². The van der Waals surface area contributed by atoms with Gasteiger partial charge in [-0.05, 0) is 30.7 Å². The summed E-state index contributed by atoms with van der Waals surface area (Å²) in [6, 6.07) is 0. The van der Waals surface area contributed by atoms with Crippen molar-refractivity contribution in [3.8, 4) is 0 Å². The smallest absolute Gasteiger partial charge is 0.257 e. The van der Waals surface area contributed by atoms with Gasteiger partial charge in [-0.3, -0.25) is 9.59 Å². The Hall–Kier alpha value is -2.75. The van der Waals surface area contributed by atoms with Gasteiger partial charge in [-0.2, -0.15) is 4.98 Å². The second-order valence-corrected chi connectivity index (χ2v) is 9.16. The lowest BCUT2D eigenvalue weighted by atomic mass is 10.0. The molecule has 1 aliphatic carbocycles. The van der Waals surface area contributed by atoms with Gasteiger partial charge >= 0.3 is 0 Å². The van der Waals surface area contributed by atoms with Crippen LogP contribution in [0.2, 0.25) is 0 Å². The van der Waals surface area contributed by atoms with Crippen molar-refractivity contribution in [2.75, 3.05) is 48.8 Å². The van der Waals surface area contributed by atoms with Gasteiger partial charge in [-0.25, -0.2) is 9.37 Å². The molecule has 2 amide bonds. The largest absolute Gasteiger partial charge is 0.371 e. The van der Waals surface area contributed by atoms with Crippen molar-refractivity contribution in [3.63, 3.8) is 0 Å². The molecule has 1 N–H and O–H groups in total. The molecule has 0 atom stereocenters. The van der Waals surface area contributed by atoms with E-state index in [-0.39, 0.29) is 24.2 Å². The molecule has 3 aliphatic rings. The molecule has 0 bridgehead atoms. The minimum Gasteiger partial charge on any atom is -0.371 e. The van der Waals surface area contributed by atoms with E-state index >= 15 is 0 Å². The van der Waals surface area contributed by atoms with Crippen LogP contribution in [0.15, 0.2) is 6.20 Å². The second-order valence-electron chi connectivity index (χ2n) is 8.08. The number of carbonyl (C=O) groups excluding carboxylic acids is 2. The third-order valence-corrected chi connectivity index (χ3v) is 7.15. The van der Waals surface area contributed by atoms with E-state index in [1.807, 2.05) is 9.80 Å². The molecule has 4 heterocycles. The Morgan fingerprint density at radius 2 is 2.10 bits per heavy atom. The van der Waals surface area contributed by atoms with Crippen LogP contribution in [0.1, 0.15) is 33.6 Å². The van der Waals surface area contributed by atoms with Crippen molar-refractivity contribution in [2.45, 2.75) is 25.8 Å². The topological polar surface area (TPSA) is 81.7 Å². The number of amides is 2. The Balaban J connectivity index is 1.51. The Morgan fingerprint density at radius 3 is 2.83 bits per heavy atom. The third-order valence-electron chi connectivity index (χ3n) is 5.91. The summed E-state index contributed by atoms with van der Waals surface area (Å²) in [6.07, 6.45) is 4.10. The number of fused-ring (bicyclic) bond motifs is 3.